The molecule has 2 nitrogen and oxygen atoms in total. The van der Waals surface area contributed by atoms with Crippen LogP contribution in [0.3, 0.4) is 0 Å². The molecule has 2 heterocycles. The maximum atomic E-state index is 6.15. The molecule has 0 saturated heterocycles. The van der Waals surface area contributed by atoms with Crippen LogP contribution in [0.15, 0.2) is 83.4 Å². The number of rotatable bonds is 2. The Labute approximate surface area is 145 Å². The van der Waals surface area contributed by atoms with Gasteiger partial charge in [0, 0.05) is 33.6 Å². The van der Waals surface area contributed by atoms with Crippen LogP contribution in [0, 0.1) is 6.92 Å². The van der Waals surface area contributed by atoms with E-state index in [2.05, 4.69) is 72.7 Å². The Morgan fingerprint density at radius 2 is 1.60 bits per heavy atom. The Morgan fingerprint density at radius 3 is 2.48 bits per heavy atom. The lowest BCUT2D eigenvalue weighted by molar-refractivity contribution is 0.631. The van der Waals surface area contributed by atoms with Gasteiger partial charge in [-0.05, 0) is 36.2 Å². The zero-order valence-corrected chi connectivity index (χ0v) is 13.9. The molecule has 0 aliphatic heterocycles. The minimum absolute atomic E-state index is 0.905. The summed E-state index contributed by atoms with van der Waals surface area (Å²) < 4.78 is 6.15. The molecule has 3 aromatic carbocycles. The van der Waals surface area contributed by atoms with Crippen LogP contribution in [0.4, 0.5) is 0 Å². The molecular weight excluding hydrogens is 306 g/mol. The summed E-state index contributed by atoms with van der Waals surface area (Å²) in [5.74, 6) is 0.905. The Balaban J connectivity index is 1.80. The third-order valence-electron chi connectivity index (χ3n) is 4.83. The average molecular weight is 323 g/mol. The Hall–Kier alpha value is -3.26. The monoisotopic (exact) mass is 323 g/mol. The molecule has 0 spiro atoms. The van der Waals surface area contributed by atoms with Crippen molar-refractivity contribution in [2.45, 2.75) is 6.92 Å². The molecule has 0 aliphatic rings. The highest BCUT2D eigenvalue weighted by Crippen LogP contribution is 2.39. The quantitative estimate of drug-likeness (QED) is 0.392. The number of para-hydroxylation sites is 1. The number of nitrogens with one attached hydrogen (secondary N) is 1. The Kier molecular flexibility index (Phi) is 3.04. The molecule has 0 radical (unpaired) electrons. The third-order valence-corrected chi connectivity index (χ3v) is 4.83. The Morgan fingerprint density at radius 1 is 0.800 bits per heavy atom. The van der Waals surface area contributed by atoms with E-state index in [0.717, 1.165) is 27.8 Å². The van der Waals surface area contributed by atoms with Gasteiger partial charge in [0.25, 0.3) is 0 Å². The number of benzene rings is 3. The first-order valence-corrected chi connectivity index (χ1v) is 8.46. The third kappa shape index (κ3) is 2.18. The molecule has 0 aliphatic carbocycles. The van der Waals surface area contributed by atoms with Crippen molar-refractivity contribution in [3.05, 3.63) is 84.6 Å². The molecular formula is C23H17NO. The lowest BCUT2D eigenvalue weighted by Crippen LogP contribution is -1.83. The van der Waals surface area contributed by atoms with Crippen molar-refractivity contribution in [3.8, 4) is 22.5 Å². The highest BCUT2D eigenvalue weighted by molar-refractivity contribution is 6.06. The van der Waals surface area contributed by atoms with Gasteiger partial charge in [-0.15, -0.1) is 0 Å². The predicted molar refractivity (Wildman–Crippen MR) is 104 cm³/mol. The van der Waals surface area contributed by atoms with E-state index in [0.29, 0.717) is 0 Å². The van der Waals surface area contributed by atoms with Crippen molar-refractivity contribution in [1.82, 2.24) is 4.98 Å². The van der Waals surface area contributed by atoms with E-state index < -0.39 is 0 Å². The number of fused-ring (bicyclic) bond motifs is 2. The molecule has 0 amide bonds. The molecule has 2 heteroatoms. The van der Waals surface area contributed by atoms with Crippen LogP contribution in [0.5, 0.6) is 0 Å². The van der Waals surface area contributed by atoms with Crippen LogP contribution in [0.25, 0.3) is 44.3 Å². The smallest absolute Gasteiger partial charge is 0.135 e. The van der Waals surface area contributed by atoms with E-state index in [4.69, 9.17) is 4.42 Å². The number of H-pyrrole nitrogens is 1. The average Bonchev–Trinajstić information content (AvgIpc) is 3.27. The van der Waals surface area contributed by atoms with Crippen LogP contribution in [-0.2, 0) is 0 Å². The summed E-state index contributed by atoms with van der Waals surface area (Å²) in [6.45, 7) is 2.16. The summed E-state index contributed by atoms with van der Waals surface area (Å²) in [7, 11) is 0. The highest BCUT2D eigenvalue weighted by Gasteiger charge is 2.15. The molecule has 0 bridgehead atoms. The maximum absolute atomic E-state index is 6.15. The molecule has 5 aromatic rings. The van der Waals surface area contributed by atoms with Crippen LogP contribution in [-0.4, -0.2) is 4.98 Å². The molecule has 0 atom stereocenters. The van der Waals surface area contributed by atoms with Crippen molar-refractivity contribution in [2.75, 3.05) is 0 Å². The highest BCUT2D eigenvalue weighted by atomic mass is 16.3. The van der Waals surface area contributed by atoms with Crippen molar-refractivity contribution in [3.63, 3.8) is 0 Å². The molecule has 2 aromatic heterocycles. The fourth-order valence-electron chi connectivity index (χ4n) is 3.60. The summed E-state index contributed by atoms with van der Waals surface area (Å²) in [5, 5.41) is 2.39. The fourth-order valence-corrected chi connectivity index (χ4v) is 3.60. The molecule has 0 fully saturated rings. The molecule has 25 heavy (non-hydrogen) atoms. The van der Waals surface area contributed by atoms with Crippen LogP contribution >= 0.6 is 0 Å². The van der Waals surface area contributed by atoms with Crippen molar-refractivity contribution in [1.29, 1.82) is 0 Å². The standard InChI is InChI=1S/C23H17NO/c1-15-11-12-21-18(13-22(25-21)16-7-3-2-4-8-16)23(15)19-14-24-20-10-6-5-9-17(19)20/h2-14,24H,1H3. The number of furan rings is 1. The minimum Gasteiger partial charge on any atom is -0.456 e. The van der Waals surface area contributed by atoms with Gasteiger partial charge in [-0.2, -0.15) is 0 Å². The summed E-state index contributed by atoms with van der Waals surface area (Å²) in [6.07, 6.45) is 2.10. The first-order chi connectivity index (χ1) is 12.3. The first kappa shape index (κ1) is 14.1. The number of hydrogen-bond acceptors (Lipinski definition) is 1. The summed E-state index contributed by atoms with van der Waals surface area (Å²) >= 11 is 0. The van der Waals surface area contributed by atoms with Gasteiger partial charge in [-0.3, -0.25) is 0 Å². The normalized spacial score (nSPS) is 11.4. The second-order valence-corrected chi connectivity index (χ2v) is 6.39. The second kappa shape index (κ2) is 5.38. The first-order valence-electron chi connectivity index (χ1n) is 8.46. The Bertz CT molecular complexity index is 1190. The number of hydrogen-bond donors (Lipinski definition) is 1. The topological polar surface area (TPSA) is 28.9 Å². The van der Waals surface area contributed by atoms with Crippen LogP contribution in [0.1, 0.15) is 5.56 Å². The van der Waals surface area contributed by atoms with E-state index in [-0.39, 0.29) is 0 Å². The van der Waals surface area contributed by atoms with Crippen LogP contribution < -0.4 is 0 Å². The number of aromatic nitrogens is 1. The van der Waals surface area contributed by atoms with Gasteiger partial charge < -0.3 is 9.40 Å². The van der Waals surface area contributed by atoms with E-state index in [1.807, 2.05) is 18.2 Å². The second-order valence-electron chi connectivity index (χ2n) is 6.39. The van der Waals surface area contributed by atoms with Crippen molar-refractivity contribution in [2.24, 2.45) is 0 Å². The summed E-state index contributed by atoms with van der Waals surface area (Å²) in [4.78, 5) is 3.39. The summed E-state index contributed by atoms with van der Waals surface area (Å²) in [6, 6.07) is 25.0. The van der Waals surface area contributed by atoms with Crippen molar-refractivity contribution >= 4 is 21.9 Å². The van der Waals surface area contributed by atoms with Gasteiger partial charge >= 0.3 is 0 Å². The zero-order valence-electron chi connectivity index (χ0n) is 13.9. The van der Waals surface area contributed by atoms with Gasteiger partial charge in [0.05, 0.1) is 0 Å². The van der Waals surface area contributed by atoms with E-state index in [1.165, 1.54) is 22.1 Å². The van der Waals surface area contributed by atoms with E-state index >= 15 is 0 Å². The van der Waals surface area contributed by atoms with Gasteiger partial charge in [0.1, 0.15) is 11.3 Å². The van der Waals surface area contributed by atoms with Gasteiger partial charge in [0.15, 0.2) is 0 Å². The van der Waals surface area contributed by atoms with Crippen LogP contribution in [0.2, 0.25) is 0 Å². The number of aromatic amines is 1. The minimum atomic E-state index is 0.905. The van der Waals surface area contributed by atoms with Gasteiger partial charge in [-0.1, -0.05) is 54.6 Å². The SMILES string of the molecule is Cc1ccc2oc(-c3ccccc3)cc2c1-c1c[nH]c2ccccc12. The molecule has 0 unspecified atom stereocenters. The maximum Gasteiger partial charge on any atom is 0.135 e. The fraction of sp³-hybridized carbons (Fsp3) is 0.0435. The molecule has 0 saturated carbocycles. The van der Waals surface area contributed by atoms with E-state index in [9.17, 15) is 0 Å². The molecule has 120 valence electrons. The lowest BCUT2D eigenvalue weighted by atomic mass is 9.96. The number of aryl methyl sites for hydroxylation is 1. The van der Waals surface area contributed by atoms with E-state index in [1.54, 1.807) is 0 Å². The van der Waals surface area contributed by atoms with Gasteiger partial charge in [-0.25, -0.2) is 0 Å². The predicted octanol–water partition coefficient (Wildman–Crippen LogP) is 6.56. The molecule has 1 N–H and O–H groups in total. The van der Waals surface area contributed by atoms with Crippen molar-refractivity contribution < 1.29 is 4.42 Å². The lowest BCUT2D eigenvalue weighted by Gasteiger charge is -2.06. The largest absolute Gasteiger partial charge is 0.456 e. The van der Waals surface area contributed by atoms with Gasteiger partial charge in [0.2, 0.25) is 0 Å². The zero-order chi connectivity index (χ0) is 16.8. The summed E-state index contributed by atoms with van der Waals surface area (Å²) in [5.41, 5.74) is 6.88. The molecule has 5 rings (SSSR count).